The Morgan fingerprint density at radius 3 is 2.77 bits per heavy atom. The zero-order valence-electron chi connectivity index (χ0n) is 6.84. The zero-order chi connectivity index (χ0) is 10.1. The molecule has 0 radical (unpaired) electrons. The molecule has 4 nitrogen and oxygen atoms in total. The van der Waals surface area contributed by atoms with Crippen LogP contribution in [0, 0.1) is 0 Å². The molecule has 0 aliphatic rings. The van der Waals surface area contributed by atoms with Crippen molar-refractivity contribution in [2.45, 2.75) is 19.3 Å². The number of rotatable bonds is 3. The van der Waals surface area contributed by atoms with Gasteiger partial charge in [-0.2, -0.15) is 8.78 Å². The first-order chi connectivity index (χ1) is 5.89. The summed E-state index contributed by atoms with van der Waals surface area (Å²) in [5, 5.41) is 8.34. The van der Waals surface area contributed by atoms with E-state index in [0.29, 0.717) is 6.92 Å². The second-order valence-corrected chi connectivity index (χ2v) is 2.72. The van der Waals surface area contributed by atoms with E-state index < -0.39 is 17.7 Å². The summed E-state index contributed by atoms with van der Waals surface area (Å²) in [5.41, 5.74) is 0.170. The van der Waals surface area contributed by atoms with Crippen LogP contribution in [0.25, 0.3) is 0 Å². The minimum absolute atomic E-state index is 0.170. The quantitative estimate of drug-likeness (QED) is 0.751. The first-order valence-corrected chi connectivity index (χ1v) is 3.53. The van der Waals surface area contributed by atoms with Gasteiger partial charge < -0.3 is 10.1 Å². The maximum Gasteiger partial charge on any atom is 0.309 e. The summed E-state index contributed by atoms with van der Waals surface area (Å²) in [7, 11) is 0. The Hall–Kier alpha value is -1.46. The molecule has 13 heavy (non-hydrogen) atoms. The molecule has 1 aromatic heterocycles. The summed E-state index contributed by atoms with van der Waals surface area (Å²) in [6.07, 6.45) is 0.768. The number of alkyl halides is 2. The van der Waals surface area contributed by atoms with Gasteiger partial charge in [0.2, 0.25) is 0 Å². The SMILES string of the molecule is CC(F)(F)c1ncc(CC(=O)O)[nH]1. The van der Waals surface area contributed by atoms with Crippen LogP contribution < -0.4 is 0 Å². The number of carboxylic acid groups (broad SMARTS) is 1. The van der Waals surface area contributed by atoms with Crippen LogP contribution in [0.5, 0.6) is 0 Å². The average Bonchev–Trinajstić information content (AvgIpc) is 2.32. The lowest BCUT2D eigenvalue weighted by Crippen LogP contribution is -2.09. The number of nitrogens with one attached hydrogen (secondary N) is 1. The van der Waals surface area contributed by atoms with Gasteiger partial charge >= 0.3 is 11.9 Å². The molecule has 6 heteroatoms. The van der Waals surface area contributed by atoms with Crippen molar-refractivity contribution in [2.75, 3.05) is 0 Å². The topological polar surface area (TPSA) is 66.0 Å². The molecular formula is C7H8F2N2O2. The van der Waals surface area contributed by atoms with Gasteiger partial charge in [-0.3, -0.25) is 4.79 Å². The molecule has 0 bridgehead atoms. The van der Waals surface area contributed by atoms with E-state index in [1.54, 1.807) is 0 Å². The molecule has 0 spiro atoms. The van der Waals surface area contributed by atoms with E-state index in [1.807, 2.05) is 0 Å². The highest BCUT2D eigenvalue weighted by atomic mass is 19.3. The van der Waals surface area contributed by atoms with Crippen molar-refractivity contribution in [3.8, 4) is 0 Å². The monoisotopic (exact) mass is 190 g/mol. The molecule has 0 aliphatic heterocycles. The minimum Gasteiger partial charge on any atom is -0.481 e. The van der Waals surface area contributed by atoms with Crippen molar-refractivity contribution in [3.05, 3.63) is 17.7 Å². The van der Waals surface area contributed by atoms with Gasteiger partial charge in [0, 0.05) is 18.8 Å². The summed E-state index contributed by atoms with van der Waals surface area (Å²) in [4.78, 5) is 15.8. The zero-order valence-corrected chi connectivity index (χ0v) is 6.84. The molecule has 0 amide bonds. The Balaban J connectivity index is 2.81. The van der Waals surface area contributed by atoms with Gasteiger partial charge in [-0.15, -0.1) is 0 Å². The lowest BCUT2D eigenvalue weighted by Gasteiger charge is -2.04. The van der Waals surface area contributed by atoms with E-state index in [4.69, 9.17) is 5.11 Å². The highest BCUT2D eigenvalue weighted by Gasteiger charge is 2.28. The van der Waals surface area contributed by atoms with Gasteiger partial charge in [-0.25, -0.2) is 4.98 Å². The van der Waals surface area contributed by atoms with Crippen molar-refractivity contribution >= 4 is 5.97 Å². The van der Waals surface area contributed by atoms with E-state index in [0.717, 1.165) is 6.20 Å². The predicted molar refractivity (Wildman–Crippen MR) is 39.5 cm³/mol. The number of aliphatic carboxylic acids is 1. The number of carbonyl (C=O) groups is 1. The third-order valence-electron chi connectivity index (χ3n) is 1.39. The van der Waals surface area contributed by atoms with E-state index >= 15 is 0 Å². The van der Waals surface area contributed by atoms with Gasteiger partial charge in [0.15, 0.2) is 5.82 Å². The van der Waals surface area contributed by atoms with Crippen molar-refractivity contribution in [3.63, 3.8) is 0 Å². The fourth-order valence-electron chi connectivity index (χ4n) is 0.835. The van der Waals surface area contributed by atoms with E-state index in [-0.39, 0.29) is 12.1 Å². The smallest absolute Gasteiger partial charge is 0.309 e. The Morgan fingerprint density at radius 1 is 1.77 bits per heavy atom. The Morgan fingerprint density at radius 2 is 2.38 bits per heavy atom. The van der Waals surface area contributed by atoms with Crippen molar-refractivity contribution in [1.29, 1.82) is 0 Å². The molecule has 0 saturated carbocycles. The molecular weight excluding hydrogens is 182 g/mol. The van der Waals surface area contributed by atoms with Crippen LogP contribution >= 0.6 is 0 Å². The van der Waals surface area contributed by atoms with E-state index in [1.165, 1.54) is 0 Å². The fraction of sp³-hybridized carbons (Fsp3) is 0.429. The molecule has 0 atom stereocenters. The van der Waals surface area contributed by atoms with Gasteiger partial charge in [-0.1, -0.05) is 0 Å². The molecule has 0 unspecified atom stereocenters. The molecule has 72 valence electrons. The molecule has 1 heterocycles. The number of carboxylic acids is 1. The van der Waals surface area contributed by atoms with E-state index in [9.17, 15) is 13.6 Å². The van der Waals surface area contributed by atoms with Gasteiger partial charge in [0.05, 0.1) is 6.42 Å². The maximum absolute atomic E-state index is 12.6. The number of hydrogen-bond acceptors (Lipinski definition) is 2. The molecule has 1 aromatic rings. The second kappa shape index (κ2) is 3.12. The summed E-state index contributed by atoms with van der Waals surface area (Å²) in [6.45, 7) is 0.691. The van der Waals surface area contributed by atoms with Crippen LogP contribution in [0.3, 0.4) is 0 Å². The van der Waals surface area contributed by atoms with E-state index in [2.05, 4.69) is 9.97 Å². The van der Waals surface area contributed by atoms with Gasteiger partial charge in [0.25, 0.3) is 0 Å². The largest absolute Gasteiger partial charge is 0.481 e. The minimum atomic E-state index is -3.06. The molecule has 2 N–H and O–H groups in total. The number of nitrogens with zero attached hydrogens (tertiary/aromatic N) is 1. The lowest BCUT2D eigenvalue weighted by atomic mass is 10.3. The summed E-state index contributed by atoms with van der Waals surface area (Å²) >= 11 is 0. The third kappa shape index (κ3) is 2.50. The summed E-state index contributed by atoms with van der Waals surface area (Å²) in [6, 6.07) is 0. The molecule has 1 rings (SSSR count). The maximum atomic E-state index is 12.6. The van der Waals surface area contributed by atoms with Crippen molar-refractivity contribution in [1.82, 2.24) is 9.97 Å². The molecule has 0 aromatic carbocycles. The highest BCUT2D eigenvalue weighted by molar-refractivity contribution is 5.69. The van der Waals surface area contributed by atoms with Crippen LogP contribution in [-0.4, -0.2) is 21.0 Å². The Bertz CT molecular complexity index is 317. The first-order valence-electron chi connectivity index (χ1n) is 3.53. The van der Waals surface area contributed by atoms with Crippen LogP contribution in [0.15, 0.2) is 6.20 Å². The van der Waals surface area contributed by atoms with Crippen LogP contribution in [-0.2, 0) is 17.1 Å². The number of halogens is 2. The van der Waals surface area contributed by atoms with Gasteiger partial charge in [0.1, 0.15) is 0 Å². The second-order valence-electron chi connectivity index (χ2n) is 2.72. The van der Waals surface area contributed by atoms with Crippen molar-refractivity contribution < 1.29 is 18.7 Å². The average molecular weight is 190 g/mol. The number of H-pyrrole nitrogens is 1. The lowest BCUT2D eigenvalue weighted by molar-refractivity contribution is -0.136. The number of aromatic amines is 1. The highest BCUT2D eigenvalue weighted by Crippen LogP contribution is 2.23. The summed E-state index contributed by atoms with van der Waals surface area (Å²) < 4.78 is 25.1. The van der Waals surface area contributed by atoms with Crippen LogP contribution in [0.2, 0.25) is 0 Å². The summed E-state index contributed by atoms with van der Waals surface area (Å²) in [5.74, 6) is -4.66. The van der Waals surface area contributed by atoms with Crippen LogP contribution in [0.1, 0.15) is 18.4 Å². The first kappa shape index (κ1) is 9.63. The fourth-order valence-corrected chi connectivity index (χ4v) is 0.835. The molecule has 0 saturated heterocycles. The molecule has 0 fully saturated rings. The number of aromatic nitrogens is 2. The standard InChI is InChI=1S/C7H8F2N2O2/c1-7(8,9)6-10-3-4(11-6)2-5(12)13/h3H,2H2,1H3,(H,10,11)(H,12,13). The Labute approximate surface area is 72.6 Å². The predicted octanol–water partition coefficient (Wildman–Crippen LogP) is 1.15. The van der Waals surface area contributed by atoms with Crippen molar-refractivity contribution in [2.24, 2.45) is 0 Å². The third-order valence-corrected chi connectivity index (χ3v) is 1.39. The van der Waals surface area contributed by atoms with Gasteiger partial charge in [-0.05, 0) is 0 Å². The normalized spacial score (nSPS) is 11.6. The number of imidazole rings is 1. The molecule has 0 aliphatic carbocycles. The number of hydrogen-bond donors (Lipinski definition) is 2. The van der Waals surface area contributed by atoms with Crippen LogP contribution in [0.4, 0.5) is 8.78 Å². The Kier molecular flexibility index (Phi) is 2.31.